The Morgan fingerprint density at radius 1 is 1.24 bits per heavy atom. The Labute approximate surface area is 129 Å². The van der Waals surface area contributed by atoms with Gasteiger partial charge in [0, 0.05) is 18.2 Å². The van der Waals surface area contributed by atoms with E-state index in [9.17, 15) is 4.79 Å². The molecule has 0 aliphatic heterocycles. The van der Waals surface area contributed by atoms with Crippen molar-refractivity contribution in [3.8, 4) is 5.75 Å². The van der Waals surface area contributed by atoms with E-state index in [2.05, 4.69) is 32.6 Å². The first-order valence-electron chi connectivity index (χ1n) is 7.93. The summed E-state index contributed by atoms with van der Waals surface area (Å²) in [5.41, 5.74) is 0.731. The van der Waals surface area contributed by atoms with Gasteiger partial charge in [0.05, 0.1) is 13.7 Å². The van der Waals surface area contributed by atoms with Crippen LogP contribution >= 0.6 is 0 Å². The van der Waals surface area contributed by atoms with Gasteiger partial charge in [-0.1, -0.05) is 39.8 Å². The van der Waals surface area contributed by atoms with Gasteiger partial charge < -0.3 is 4.74 Å². The van der Waals surface area contributed by atoms with Gasteiger partial charge in [-0.3, -0.25) is 9.69 Å². The van der Waals surface area contributed by atoms with Crippen LogP contribution in [0.3, 0.4) is 0 Å². The highest BCUT2D eigenvalue weighted by Gasteiger charge is 2.20. The Bertz CT molecular complexity index is 439. The van der Waals surface area contributed by atoms with Crippen LogP contribution < -0.4 is 4.74 Å². The fourth-order valence-corrected chi connectivity index (χ4v) is 2.69. The molecule has 0 aromatic heterocycles. The molecule has 0 radical (unpaired) electrons. The maximum Gasteiger partial charge on any atom is 0.176 e. The standard InChI is InChI=1S/C18H29NO2/c1-6-16(7-2)19(12-14(3)4)13-18(20)15-9-8-10-17(11-15)21-5/h8-11,14,16H,6-7,12-13H2,1-5H3. The Hall–Kier alpha value is -1.35. The topological polar surface area (TPSA) is 29.5 Å². The molecule has 0 amide bonds. The lowest BCUT2D eigenvalue weighted by Crippen LogP contribution is -2.40. The zero-order valence-electron chi connectivity index (χ0n) is 14.1. The second-order valence-electron chi connectivity index (χ2n) is 5.95. The predicted molar refractivity (Wildman–Crippen MR) is 88.1 cm³/mol. The van der Waals surface area contributed by atoms with Crippen LogP contribution in [0.25, 0.3) is 0 Å². The lowest BCUT2D eigenvalue weighted by Gasteiger charge is -2.31. The first-order valence-corrected chi connectivity index (χ1v) is 7.93. The Morgan fingerprint density at radius 2 is 1.90 bits per heavy atom. The number of hydrogen-bond donors (Lipinski definition) is 0. The predicted octanol–water partition coefficient (Wildman–Crippen LogP) is 4.02. The van der Waals surface area contributed by atoms with E-state index in [0.29, 0.717) is 18.5 Å². The van der Waals surface area contributed by atoms with Gasteiger partial charge in [-0.2, -0.15) is 0 Å². The molecule has 3 nitrogen and oxygen atoms in total. The number of Topliss-reactive ketones (excluding diaryl/α,β-unsaturated/α-hetero) is 1. The third-order valence-corrected chi connectivity index (χ3v) is 3.80. The third-order valence-electron chi connectivity index (χ3n) is 3.80. The number of hydrogen-bond acceptors (Lipinski definition) is 3. The molecular formula is C18H29NO2. The first kappa shape index (κ1) is 17.7. The molecule has 0 aliphatic rings. The summed E-state index contributed by atoms with van der Waals surface area (Å²) in [5, 5.41) is 0. The second kappa shape index (κ2) is 8.83. The van der Waals surface area contributed by atoms with Crippen molar-refractivity contribution in [1.82, 2.24) is 4.90 Å². The van der Waals surface area contributed by atoms with Crippen LogP contribution in [0.2, 0.25) is 0 Å². The van der Waals surface area contributed by atoms with Gasteiger partial charge in [0.25, 0.3) is 0 Å². The van der Waals surface area contributed by atoms with E-state index in [0.717, 1.165) is 30.7 Å². The molecule has 0 saturated heterocycles. The van der Waals surface area contributed by atoms with Crippen molar-refractivity contribution in [1.29, 1.82) is 0 Å². The van der Waals surface area contributed by atoms with Gasteiger partial charge in [0.1, 0.15) is 5.75 Å². The number of rotatable bonds is 9. The van der Waals surface area contributed by atoms with Crippen LogP contribution in [0.4, 0.5) is 0 Å². The molecular weight excluding hydrogens is 262 g/mol. The molecule has 118 valence electrons. The van der Waals surface area contributed by atoms with E-state index < -0.39 is 0 Å². The van der Waals surface area contributed by atoms with Crippen LogP contribution in [-0.2, 0) is 0 Å². The zero-order valence-corrected chi connectivity index (χ0v) is 14.1. The fourth-order valence-electron chi connectivity index (χ4n) is 2.69. The van der Waals surface area contributed by atoms with E-state index in [1.54, 1.807) is 7.11 Å². The van der Waals surface area contributed by atoms with Crippen molar-refractivity contribution in [2.24, 2.45) is 5.92 Å². The summed E-state index contributed by atoms with van der Waals surface area (Å²) in [4.78, 5) is 14.9. The second-order valence-corrected chi connectivity index (χ2v) is 5.95. The monoisotopic (exact) mass is 291 g/mol. The lowest BCUT2D eigenvalue weighted by molar-refractivity contribution is 0.0865. The first-order chi connectivity index (χ1) is 10.0. The highest BCUT2D eigenvalue weighted by atomic mass is 16.5. The molecule has 0 N–H and O–H groups in total. The Balaban J connectivity index is 2.83. The summed E-state index contributed by atoms with van der Waals surface area (Å²) in [6.45, 7) is 10.2. The molecule has 0 heterocycles. The molecule has 0 spiro atoms. The van der Waals surface area contributed by atoms with Crippen molar-refractivity contribution in [3.63, 3.8) is 0 Å². The minimum absolute atomic E-state index is 0.168. The van der Waals surface area contributed by atoms with E-state index in [1.807, 2.05) is 24.3 Å². The van der Waals surface area contributed by atoms with Crippen molar-refractivity contribution < 1.29 is 9.53 Å². The van der Waals surface area contributed by atoms with E-state index >= 15 is 0 Å². The number of benzene rings is 1. The smallest absolute Gasteiger partial charge is 0.176 e. The number of methoxy groups -OCH3 is 1. The molecule has 1 aromatic carbocycles. The average molecular weight is 291 g/mol. The molecule has 1 rings (SSSR count). The van der Waals surface area contributed by atoms with Crippen molar-refractivity contribution in [3.05, 3.63) is 29.8 Å². The van der Waals surface area contributed by atoms with E-state index in [-0.39, 0.29) is 5.78 Å². The number of carbonyl (C=O) groups is 1. The third kappa shape index (κ3) is 5.50. The molecule has 1 aromatic rings. The van der Waals surface area contributed by atoms with Crippen LogP contribution in [-0.4, -0.2) is 36.9 Å². The average Bonchev–Trinajstić information content (AvgIpc) is 2.47. The molecule has 0 saturated carbocycles. The van der Waals surface area contributed by atoms with Crippen molar-refractivity contribution in [2.75, 3.05) is 20.2 Å². The van der Waals surface area contributed by atoms with Crippen LogP contribution in [0, 0.1) is 5.92 Å². The summed E-state index contributed by atoms with van der Waals surface area (Å²) in [6.07, 6.45) is 2.16. The Morgan fingerprint density at radius 3 is 2.43 bits per heavy atom. The van der Waals surface area contributed by atoms with Crippen LogP contribution in [0.5, 0.6) is 5.75 Å². The molecule has 3 heteroatoms. The quantitative estimate of drug-likeness (QED) is 0.643. The van der Waals surface area contributed by atoms with Gasteiger partial charge in [-0.25, -0.2) is 0 Å². The zero-order chi connectivity index (χ0) is 15.8. The van der Waals surface area contributed by atoms with Crippen molar-refractivity contribution in [2.45, 2.75) is 46.6 Å². The summed E-state index contributed by atoms with van der Waals surface area (Å²) in [5.74, 6) is 1.46. The number of nitrogens with zero attached hydrogens (tertiary/aromatic N) is 1. The van der Waals surface area contributed by atoms with Gasteiger partial charge >= 0.3 is 0 Å². The summed E-state index contributed by atoms with van der Waals surface area (Å²) in [6, 6.07) is 7.90. The lowest BCUT2D eigenvalue weighted by atomic mass is 10.0. The Kier molecular flexibility index (Phi) is 7.44. The molecule has 0 fully saturated rings. The normalized spacial score (nSPS) is 11.4. The van der Waals surface area contributed by atoms with Gasteiger partial charge in [0.15, 0.2) is 5.78 Å². The highest BCUT2D eigenvalue weighted by molar-refractivity contribution is 5.98. The maximum atomic E-state index is 12.5. The van der Waals surface area contributed by atoms with Gasteiger partial charge in [-0.05, 0) is 30.9 Å². The highest BCUT2D eigenvalue weighted by Crippen LogP contribution is 2.16. The van der Waals surface area contributed by atoms with Gasteiger partial charge in [-0.15, -0.1) is 0 Å². The molecule has 21 heavy (non-hydrogen) atoms. The molecule has 0 atom stereocenters. The maximum absolute atomic E-state index is 12.5. The minimum atomic E-state index is 0.168. The minimum Gasteiger partial charge on any atom is -0.497 e. The number of ether oxygens (including phenoxy) is 1. The summed E-state index contributed by atoms with van der Waals surface area (Å²) in [7, 11) is 1.62. The number of carbonyl (C=O) groups excluding carboxylic acids is 1. The van der Waals surface area contributed by atoms with Crippen LogP contribution in [0.15, 0.2) is 24.3 Å². The van der Waals surface area contributed by atoms with Gasteiger partial charge in [0.2, 0.25) is 0 Å². The fraction of sp³-hybridized carbons (Fsp3) is 0.611. The molecule has 0 unspecified atom stereocenters. The summed E-state index contributed by atoms with van der Waals surface area (Å²) >= 11 is 0. The SMILES string of the molecule is CCC(CC)N(CC(=O)c1cccc(OC)c1)CC(C)C. The van der Waals surface area contributed by atoms with E-state index in [4.69, 9.17) is 4.74 Å². The molecule has 0 bridgehead atoms. The number of ketones is 1. The molecule has 0 aliphatic carbocycles. The van der Waals surface area contributed by atoms with Crippen molar-refractivity contribution >= 4 is 5.78 Å². The summed E-state index contributed by atoms with van der Waals surface area (Å²) < 4.78 is 5.20. The van der Waals surface area contributed by atoms with Crippen LogP contribution in [0.1, 0.15) is 50.9 Å². The largest absolute Gasteiger partial charge is 0.497 e. The van der Waals surface area contributed by atoms with E-state index in [1.165, 1.54) is 0 Å².